The van der Waals surface area contributed by atoms with Crippen LogP contribution in [0, 0.1) is 19.8 Å². The number of aryl methyl sites for hydroxylation is 2. The predicted octanol–water partition coefficient (Wildman–Crippen LogP) is 2.31. The van der Waals surface area contributed by atoms with E-state index in [0.29, 0.717) is 6.61 Å². The highest BCUT2D eigenvalue weighted by Gasteiger charge is 2.03. The van der Waals surface area contributed by atoms with E-state index in [9.17, 15) is 0 Å². The van der Waals surface area contributed by atoms with Gasteiger partial charge in [0.15, 0.2) is 0 Å². The van der Waals surface area contributed by atoms with Gasteiger partial charge in [-0.15, -0.1) is 0 Å². The van der Waals surface area contributed by atoms with Crippen molar-refractivity contribution >= 4 is 0 Å². The molecule has 0 aromatic heterocycles. The van der Waals surface area contributed by atoms with E-state index in [4.69, 9.17) is 9.84 Å². The molecule has 1 rings (SSSR count). The van der Waals surface area contributed by atoms with Crippen LogP contribution in [0.25, 0.3) is 0 Å². The zero-order chi connectivity index (χ0) is 10.6. The molecule has 1 unspecified atom stereocenters. The second-order valence-electron chi connectivity index (χ2n) is 3.87. The Morgan fingerprint density at radius 2 is 2.07 bits per heavy atom. The van der Waals surface area contributed by atoms with E-state index in [-0.39, 0.29) is 12.5 Å². The highest BCUT2D eigenvalue weighted by atomic mass is 16.5. The van der Waals surface area contributed by atoms with Gasteiger partial charge in [0, 0.05) is 12.5 Å². The van der Waals surface area contributed by atoms with Crippen LogP contribution in [0.1, 0.15) is 18.1 Å². The monoisotopic (exact) mass is 194 g/mol. The van der Waals surface area contributed by atoms with E-state index < -0.39 is 0 Å². The molecule has 2 nitrogen and oxygen atoms in total. The van der Waals surface area contributed by atoms with Gasteiger partial charge in [-0.25, -0.2) is 0 Å². The van der Waals surface area contributed by atoms with Crippen molar-refractivity contribution in [2.45, 2.75) is 20.8 Å². The molecular weight excluding hydrogens is 176 g/mol. The molecular formula is C12H18O2. The van der Waals surface area contributed by atoms with Crippen LogP contribution in [0.2, 0.25) is 0 Å². The summed E-state index contributed by atoms with van der Waals surface area (Å²) in [6, 6.07) is 6.11. The normalized spacial score (nSPS) is 12.6. The molecule has 0 heterocycles. The number of hydrogen-bond acceptors (Lipinski definition) is 2. The van der Waals surface area contributed by atoms with Crippen LogP contribution in [0.5, 0.6) is 5.75 Å². The van der Waals surface area contributed by atoms with Crippen molar-refractivity contribution in [3.05, 3.63) is 29.3 Å². The minimum atomic E-state index is 0.172. The Bertz CT molecular complexity index is 294. The fourth-order valence-corrected chi connectivity index (χ4v) is 1.25. The molecule has 0 aliphatic heterocycles. The SMILES string of the molecule is Cc1ccc(OCC(C)CO)c(C)c1. The van der Waals surface area contributed by atoms with Crippen molar-refractivity contribution in [3.8, 4) is 5.75 Å². The zero-order valence-electron chi connectivity index (χ0n) is 9.08. The summed E-state index contributed by atoms with van der Waals surface area (Å²) in [5.74, 6) is 1.10. The zero-order valence-corrected chi connectivity index (χ0v) is 9.08. The summed E-state index contributed by atoms with van der Waals surface area (Å²) >= 11 is 0. The smallest absolute Gasteiger partial charge is 0.122 e. The fraction of sp³-hybridized carbons (Fsp3) is 0.500. The Labute approximate surface area is 85.5 Å². The number of ether oxygens (including phenoxy) is 1. The van der Waals surface area contributed by atoms with Gasteiger partial charge in [0.1, 0.15) is 5.75 Å². The van der Waals surface area contributed by atoms with Crippen LogP contribution in [0.15, 0.2) is 18.2 Å². The summed E-state index contributed by atoms with van der Waals surface area (Å²) in [6.07, 6.45) is 0. The highest BCUT2D eigenvalue weighted by Crippen LogP contribution is 2.19. The molecule has 0 aliphatic rings. The summed E-state index contributed by atoms with van der Waals surface area (Å²) in [4.78, 5) is 0. The molecule has 0 amide bonds. The van der Waals surface area contributed by atoms with E-state index in [0.717, 1.165) is 11.3 Å². The molecule has 0 spiro atoms. The highest BCUT2D eigenvalue weighted by molar-refractivity contribution is 5.35. The van der Waals surface area contributed by atoms with Crippen molar-refractivity contribution in [1.82, 2.24) is 0 Å². The van der Waals surface area contributed by atoms with Crippen LogP contribution in [0.3, 0.4) is 0 Å². The van der Waals surface area contributed by atoms with Gasteiger partial charge in [0.25, 0.3) is 0 Å². The maximum atomic E-state index is 8.85. The Hall–Kier alpha value is -1.02. The topological polar surface area (TPSA) is 29.5 Å². The van der Waals surface area contributed by atoms with Gasteiger partial charge in [0.2, 0.25) is 0 Å². The lowest BCUT2D eigenvalue weighted by molar-refractivity contribution is 0.174. The average molecular weight is 194 g/mol. The Balaban J connectivity index is 2.59. The molecule has 1 N–H and O–H groups in total. The molecule has 0 radical (unpaired) electrons. The molecule has 0 fully saturated rings. The lowest BCUT2D eigenvalue weighted by atomic mass is 10.1. The van der Waals surface area contributed by atoms with E-state index in [2.05, 4.69) is 13.0 Å². The fourth-order valence-electron chi connectivity index (χ4n) is 1.25. The molecule has 2 heteroatoms. The van der Waals surface area contributed by atoms with E-state index in [1.807, 2.05) is 26.0 Å². The molecule has 0 saturated carbocycles. The molecule has 1 aromatic rings. The van der Waals surface area contributed by atoms with E-state index in [1.54, 1.807) is 0 Å². The number of benzene rings is 1. The lowest BCUT2D eigenvalue weighted by Crippen LogP contribution is -2.12. The van der Waals surface area contributed by atoms with Gasteiger partial charge in [-0.1, -0.05) is 24.6 Å². The van der Waals surface area contributed by atoms with Gasteiger partial charge in [0.05, 0.1) is 6.61 Å². The first kappa shape index (κ1) is 11.1. The lowest BCUT2D eigenvalue weighted by Gasteiger charge is -2.12. The van der Waals surface area contributed by atoms with Crippen LogP contribution >= 0.6 is 0 Å². The molecule has 0 bridgehead atoms. The number of aliphatic hydroxyl groups excluding tert-OH is 1. The number of hydrogen-bond donors (Lipinski definition) is 1. The third kappa shape index (κ3) is 3.04. The Morgan fingerprint density at radius 1 is 1.36 bits per heavy atom. The van der Waals surface area contributed by atoms with Gasteiger partial charge < -0.3 is 9.84 Å². The quantitative estimate of drug-likeness (QED) is 0.797. The molecule has 1 aromatic carbocycles. The molecule has 0 saturated heterocycles. The van der Waals surface area contributed by atoms with E-state index >= 15 is 0 Å². The first-order chi connectivity index (χ1) is 6.63. The summed E-state index contributed by atoms with van der Waals surface area (Å²) in [7, 11) is 0. The molecule has 1 atom stereocenters. The van der Waals surface area contributed by atoms with E-state index in [1.165, 1.54) is 5.56 Å². The second-order valence-corrected chi connectivity index (χ2v) is 3.87. The third-order valence-electron chi connectivity index (χ3n) is 2.17. The van der Waals surface area contributed by atoms with Gasteiger partial charge in [-0.2, -0.15) is 0 Å². The largest absolute Gasteiger partial charge is 0.493 e. The van der Waals surface area contributed by atoms with Crippen molar-refractivity contribution in [1.29, 1.82) is 0 Å². The Kier molecular flexibility index (Phi) is 3.96. The summed E-state index contributed by atoms with van der Waals surface area (Å²) < 4.78 is 5.58. The summed E-state index contributed by atoms with van der Waals surface area (Å²) in [5.41, 5.74) is 2.39. The van der Waals surface area contributed by atoms with Gasteiger partial charge in [-0.3, -0.25) is 0 Å². The number of aliphatic hydroxyl groups is 1. The van der Waals surface area contributed by atoms with Crippen LogP contribution in [0.4, 0.5) is 0 Å². The molecule has 14 heavy (non-hydrogen) atoms. The van der Waals surface area contributed by atoms with Crippen LogP contribution in [-0.2, 0) is 0 Å². The van der Waals surface area contributed by atoms with Crippen molar-refractivity contribution in [2.24, 2.45) is 5.92 Å². The first-order valence-electron chi connectivity index (χ1n) is 4.94. The maximum Gasteiger partial charge on any atom is 0.122 e. The van der Waals surface area contributed by atoms with Crippen molar-refractivity contribution in [3.63, 3.8) is 0 Å². The van der Waals surface area contributed by atoms with Crippen LogP contribution < -0.4 is 4.74 Å². The second kappa shape index (κ2) is 5.01. The maximum absolute atomic E-state index is 8.85. The molecule has 78 valence electrons. The minimum Gasteiger partial charge on any atom is -0.493 e. The first-order valence-corrected chi connectivity index (χ1v) is 4.94. The number of rotatable bonds is 4. The van der Waals surface area contributed by atoms with Crippen molar-refractivity contribution in [2.75, 3.05) is 13.2 Å². The molecule has 0 aliphatic carbocycles. The average Bonchev–Trinajstić information content (AvgIpc) is 2.16. The third-order valence-corrected chi connectivity index (χ3v) is 2.17. The van der Waals surface area contributed by atoms with Crippen molar-refractivity contribution < 1.29 is 9.84 Å². The summed E-state index contributed by atoms with van der Waals surface area (Å²) in [5, 5.41) is 8.85. The minimum absolute atomic E-state index is 0.172. The standard InChI is InChI=1S/C12H18O2/c1-9-4-5-12(11(3)6-9)14-8-10(2)7-13/h4-6,10,13H,7-8H2,1-3H3. The van der Waals surface area contributed by atoms with Gasteiger partial charge >= 0.3 is 0 Å². The predicted molar refractivity (Wildman–Crippen MR) is 57.7 cm³/mol. The van der Waals surface area contributed by atoms with Gasteiger partial charge in [-0.05, 0) is 25.5 Å². The van der Waals surface area contributed by atoms with Crippen LogP contribution in [-0.4, -0.2) is 18.3 Å². The Morgan fingerprint density at radius 3 is 2.64 bits per heavy atom. The summed E-state index contributed by atoms with van der Waals surface area (Å²) in [6.45, 7) is 6.80.